The fourth-order valence-electron chi connectivity index (χ4n) is 2.73. The highest BCUT2D eigenvalue weighted by Crippen LogP contribution is 2.19. The number of aromatic nitrogens is 3. The molecular formula is C16H16N6O2. The molecule has 2 N–H and O–H groups in total. The van der Waals surface area contributed by atoms with Crippen molar-refractivity contribution in [2.45, 2.75) is 18.9 Å². The van der Waals surface area contributed by atoms with Crippen molar-refractivity contribution in [2.24, 2.45) is 0 Å². The molecule has 1 amide bonds. The molecule has 0 bridgehead atoms. The number of amides is 1. The molecule has 0 aliphatic carbocycles. The average Bonchev–Trinajstić information content (AvgIpc) is 3.09. The summed E-state index contributed by atoms with van der Waals surface area (Å²) in [6.45, 7) is 1.08. The fourth-order valence-corrected chi connectivity index (χ4v) is 2.73. The summed E-state index contributed by atoms with van der Waals surface area (Å²) in [6.07, 6.45) is 7.15. The third-order valence-electron chi connectivity index (χ3n) is 3.96. The summed E-state index contributed by atoms with van der Waals surface area (Å²) in [5.74, 6) is 0.584. The van der Waals surface area contributed by atoms with E-state index >= 15 is 0 Å². The maximum absolute atomic E-state index is 11.1. The Morgan fingerprint density at radius 2 is 2.25 bits per heavy atom. The lowest BCUT2D eigenvalue weighted by molar-refractivity contribution is 0.142. The van der Waals surface area contributed by atoms with Gasteiger partial charge in [-0.05, 0) is 18.9 Å². The van der Waals surface area contributed by atoms with Gasteiger partial charge in [-0.3, -0.25) is 9.97 Å². The Kier molecular flexibility index (Phi) is 4.52. The number of rotatable bonds is 4. The van der Waals surface area contributed by atoms with Crippen molar-refractivity contribution in [2.75, 3.05) is 18.4 Å². The van der Waals surface area contributed by atoms with Gasteiger partial charge in [0, 0.05) is 31.0 Å². The second kappa shape index (κ2) is 6.91. The van der Waals surface area contributed by atoms with Gasteiger partial charge >= 0.3 is 6.09 Å². The van der Waals surface area contributed by atoms with Crippen LogP contribution < -0.4 is 5.32 Å². The third-order valence-corrected chi connectivity index (χ3v) is 3.96. The first-order valence-corrected chi connectivity index (χ1v) is 7.58. The minimum Gasteiger partial charge on any atom is -0.465 e. The van der Waals surface area contributed by atoms with Gasteiger partial charge in [0.05, 0.1) is 29.7 Å². The largest absolute Gasteiger partial charge is 0.465 e. The first kappa shape index (κ1) is 15.7. The molecule has 0 saturated carbocycles. The Hall–Kier alpha value is -3.21. The molecule has 24 heavy (non-hydrogen) atoms. The second-order valence-electron chi connectivity index (χ2n) is 5.51. The zero-order chi connectivity index (χ0) is 16.9. The molecule has 1 aliphatic heterocycles. The van der Waals surface area contributed by atoms with Gasteiger partial charge in [-0.15, -0.1) is 0 Å². The van der Waals surface area contributed by atoms with Gasteiger partial charge in [-0.1, -0.05) is 0 Å². The number of hydrogen-bond acceptors (Lipinski definition) is 6. The van der Waals surface area contributed by atoms with Gasteiger partial charge in [0.25, 0.3) is 0 Å². The number of nitrogens with one attached hydrogen (secondary N) is 1. The number of nitriles is 1. The summed E-state index contributed by atoms with van der Waals surface area (Å²) >= 11 is 0. The molecule has 2 aromatic heterocycles. The summed E-state index contributed by atoms with van der Waals surface area (Å²) in [5.41, 5.74) is 1.81. The molecule has 3 rings (SSSR count). The van der Waals surface area contributed by atoms with Crippen molar-refractivity contribution >= 4 is 11.9 Å². The van der Waals surface area contributed by atoms with E-state index in [1.54, 1.807) is 24.7 Å². The molecule has 8 heteroatoms. The molecule has 2 aromatic rings. The number of carbonyl (C=O) groups is 1. The van der Waals surface area contributed by atoms with Crippen LogP contribution in [0.5, 0.6) is 0 Å². The van der Waals surface area contributed by atoms with Crippen LogP contribution in [0.2, 0.25) is 0 Å². The normalized spacial score (nSPS) is 16.6. The number of hydrogen-bond donors (Lipinski definition) is 2. The van der Waals surface area contributed by atoms with E-state index in [2.05, 4.69) is 20.3 Å². The Bertz CT molecular complexity index is 771. The van der Waals surface area contributed by atoms with Gasteiger partial charge in [-0.25, -0.2) is 9.78 Å². The van der Waals surface area contributed by atoms with Gasteiger partial charge < -0.3 is 15.3 Å². The average molecular weight is 324 g/mol. The number of anilines is 1. The summed E-state index contributed by atoms with van der Waals surface area (Å²) in [7, 11) is 0. The summed E-state index contributed by atoms with van der Waals surface area (Å²) in [5, 5.41) is 21.2. The Morgan fingerprint density at radius 3 is 2.96 bits per heavy atom. The predicted octanol–water partition coefficient (Wildman–Crippen LogP) is 1.96. The van der Waals surface area contributed by atoms with Crippen molar-refractivity contribution in [3.63, 3.8) is 0 Å². The molecule has 1 saturated heterocycles. The summed E-state index contributed by atoms with van der Waals surface area (Å²) in [6, 6.07) is 3.70. The molecule has 0 unspecified atom stereocenters. The fraction of sp³-hybridized carbons (Fsp3) is 0.312. The smallest absolute Gasteiger partial charge is 0.407 e. The highest BCUT2D eigenvalue weighted by atomic mass is 16.4. The van der Waals surface area contributed by atoms with Crippen LogP contribution in [0.15, 0.2) is 30.9 Å². The minimum atomic E-state index is -0.884. The van der Waals surface area contributed by atoms with E-state index in [1.807, 2.05) is 6.07 Å². The van der Waals surface area contributed by atoms with Crippen molar-refractivity contribution in [3.05, 3.63) is 36.4 Å². The van der Waals surface area contributed by atoms with E-state index in [4.69, 9.17) is 10.4 Å². The van der Waals surface area contributed by atoms with Crippen LogP contribution in [-0.2, 0) is 0 Å². The molecule has 0 aromatic carbocycles. The van der Waals surface area contributed by atoms with Crippen molar-refractivity contribution < 1.29 is 9.90 Å². The van der Waals surface area contributed by atoms with E-state index in [-0.39, 0.29) is 6.04 Å². The molecule has 0 spiro atoms. The predicted molar refractivity (Wildman–Crippen MR) is 86.2 cm³/mol. The number of nitrogens with zero attached hydrogens (tertiary/aromatic N) is 5. The highest BCUT2D eigenvalue weighted by Gasteiger charge is 2.28. The Morgan fingerprint density at radius 1 is 1.38 bits per heavy atom. The summed E-state index contributed by atoms with van der Waals surface area (Å²) in [4.78, 5) is 25.2. The van der Waals surface area contributed by atoms with Crippen molar-refractivity contribution in [1.82, 2.24) is 19.9 Å². The number of carboxylic acid groups (broad SMARTS) is 1. The second-order valence-corrected chi connectivity index (χ2v) is 5.51. The molecule has 1 aliphatic rings. The molecule has 122 valence electrons. The standard InChI is InChI=1S/C16H16N6O2/c17-5-11-4-12(7-18-6-11)14-9-21-15(10-19-14)20-8-13-2-1-3-22(13)16(23)24/h4,6-7,9-10,13H,1-3,8H2,(H,20,21)(H,23,24)/t13-/m0/s1. The summed E-state index contributed by atoms with van der Waals surface area (Å²) < 4.78 is 0. The molecule has 1 atom stereocenters. The highest BCUT2D eigenvalue weighted by molar-refractivity contribution is 5.66. The first-order valence-electron chi connectivity index (χ1n) is 7.58. The quantitative estimate of drug-likeness (QED) is 0.883. The van der Waals surface area contributed by atoms with Crippen LogP contribution in [0.25, 0.3) is 11.3 Å². The van der Waals surface area contributed by atoms with E-state index in [0.717, 1.165) is 18.4 Å². The monoisotopic (exact) mass is 324 g/mol. The molecular weight excluding hydrogens is 308 g/mol. The van der Waals surface area contributed by atoms with Crippen LogP contribution in [0.4, 0.5) is 10.6 Å². The number of likely N-dealkylation sites (tertiary alicyclic amines) is 1. The van der Waals surface area contributed by atoms with Crippen LogP contribution in [-0.4, -0.2) is 50.2 Å². The van der Waals surface area contributed by atoms with Gasteiger partial charge in [0.2, 0.25) is 0 Å². The lowest BCUT2D eigenvalue weighted by Gasteiger charge is -2.21. The van der Waals surface area contributed by atoms with E-state index in [1.165, 1.54) is 11.1 Å². The molecule has 3 heterocycles. The lowest BCUT2D eigenvalue weighted by Crippen LogP contribution is -2.38. The SMILES string of the molecule is N#Cc1cncc(-c2cnc(NC[C@@H]3CCCN3C(=O)O)cn2)c1. The van der Waals surface area contributed by atoms with Crippen molar-refractivity contribution in [3.8, 4) is 17.3 Å². The molecule has 1 fully saturated rings. The third kappa shape index (κ3) is 3.41. The van der Waals surface area contributed by atoms with Crippen LogP contribution >= 0.6 is 0 Å². The lowest BCUT2D eigenvalue weighted by atomic mass is 10.2. The Balaban J connectivity index is 1.64. The van der Waals surface area contributed by atoms with E-state index in [0.29, 0.717) is 30.2 Å². The van der Waals surface area contributed by atoms with Crippen LogP contribution in [0, 0.1) is 11.3 Å². The number of pyridine rings is 1. The minimum absolute atomic E-state index is 0.0412. The van der Waals surface area contributed by atoms with Gasteiger partial charge in [0.1, 0.15) is 11.9 Å². The van der Waals surface area contributed by atoms with Crippen LogP contribution in [0.1, 0.15) is 18.4 Å². The first-order chi connectivity index (χ1) is 11.7. The topological polar surface area (TPSA) is 115 Å². The molecule has 8 nitrogen and oxygen atoms in total. The zero-order valence-corrected chi connectivity index (χ0v) is 12.9. The van der Waals surface area contributed by atoms with Gasteiger partial charge in [0.15, 0.2) is 0 Å². The maximum Gasteiger partial charge on any atom is 0.407 e. The van der Waals surface area contributed by atoms with Crippen molar-refractivity contribution in [1.29, 1.82) is 5.26 Å². The van der Waals surface area contributed by atoms with Crippen LogP contribution in [0.3, 0.4) is 0 Å². The maximum atomic E-state index is 11.1. The van der Waals surface area contributed by atoms with E-state index in [9.17, 15) is 4.79 Å². The van der Waals surface area contributed by atoms with E-state index < -0.39 is 6.09 Å². The Labute approximate surface area is 138 Å². The molecule has 0 radical (unpaired) electrons. The zero-order valence-electron chi connectivity index (χ0n) is 12.9. The van der Waals surface area contributed by atoms with Gasteiger partial charge in [-0.2, -0.15) is 5.26 Å².